The van der Waals surface area contributed by atoms with Crippen molar-refractivity contribution in [2.24, 2.45) is 0 Å². The molecular weight excluding hydrogens is 502 g/mol. The highest BCUT2D eigenvalue weighted by atomic mass is 32.2. The van der Waals surface area contributed by atoms with Crippen molar-refractivity contribution in [3.8, 4) is 23.3 Å². The van der Waals surface area contributed by atoms with Crippen LogP contribution in [0, 0.1) is 18.3 Å². The summed E-state index contributed by atoms with van der Waals surface area (Å²) in [5.41, 5.74) is 2.85. The van der Waals surface area contributed by atoms with Gasteiger partial charge < -0.3 is 9.64 Å². The number of nitrogens with one attached hydrogen (secondary N) is 2. The van der Waals surface area contributed by atoms with Crippen molar-refractivity contribution in [1.82, 2.24) is 25.1 Å². The number of hydrogen-bond donors (Lipinski definition) is 2. The first-order chi connectivity index (χ1) is 18.2. The Morgan fingerprint density at radius 1 is 1.08 bits per heavy atom. The second kappa shape index (κ2) is 10.4. The molecule has 4 aromatic rings. The Hall–Kier alpha value is -4.01. The van der Waals surface area contributed by atoms with E-state index < -0.39 is 10.0 Å². The summed E-state index contributed by atoms with van der Waals surface area (Å²) in [6.07, 6.45) is 1.90. The molecule has 10 nitrogen and oxygen atoms in total. The van der Waals surface area contributed by atoms with Crippen LogP contribution in [0.1, 0.15) is 37.9 Å². The van der Waals surface area contributed by atoms with E-state index >= 15 is 0 Å². The predicted molar refractivity (Wildman–Crippen MR) is 144 cm³/mol. The number of piperidine rings is 1. The number of benzene rings is 2. The molecule has 0 saturated carbocycles. The number of fused-ring (bicyclic) bond motifs is 1. The van der Waals surface area contributed by atoms with E-state index in [0.717, 1.165) is 37.0 Å². The second-order valence-corrected chi connectivity index (χ2v) is 11.3. The van der Waals surface area contributed by atoms with E-state index in [-0.39, 0.29) is 11.0 Å². The van der Waals surface area contributed by atoms with Gasteiger partial charge in [0.05, 0.1) is 16.5 Å². The van der Waals surface area contributed by atoms with Crippen LogP contribution in [0.2, 0.25) is 0 Å². The lowest BCUT2D eigenvalue weighted by molar-refractivity contribution is 0.0824. The Labute approximate surface area is 221 Å². The fraction of sp³-hybridized carbons (Fsp3) is 0.333. The van der Waals surface area contributed by atoms with Crippen LogP contribution < -0.4 is 9.46 Å². The van der Waals surface area contributed by atoms with Crippen molar-refractivity contribution in [3.63, 3.8) is 0 Å². The zero-order valence-electron chi connectivity index (χ0n) is 21.5. The number of nitriles is 1. The van der Waals surface area contributed by atoms with Crippen LogP contribution in [0.25, 0.3) is 22.4 Å². The highest BCUT2D eigenvalue weighted by Gasteiger charge is 2.25. The van der Waals surface area contributed by atoms with E-state index in [4.69, 9.17) is 15.0 Å². The molecule has 1 aliphatic rings. The monoisotopic (exact) mass is 531 g/mol. The molecule has 2 aromatic carbocycles. The lowest BCUT2D eigenvalue weighted by Gasteiger charge is -2.34. The quantitative estimate of drug-likeness (QED) is 0.361. The van der Waals surface area contributed by atoms with Crippen molar-refractivity contribution in [3.05, 3.63) is 59.8 Å². The van der Waals surface area contributed by atoms with Crippen LogP contribution in [0.3, 0.4) is 0 Å². The first-order valence-corrected chi connectivity index (χ1v) is 14.0. The number of aromatic amines is 1. The molecule has 3 heterocycles. The molecule has 5 rings (SSSR count). The minimum Gasteiger partial charge on any atom is -0.474 e. The molecule has 2 aromatic heterocycles. The van der Waals surface area contributed by atoms with Gasteiger partial charge in [0, 0.05) is 36.1 Å². The van der Waals surface area contributed by atoms with Gasteiger partial charge in [-0.3, -0.25) is 9.82 Å². The highest BCUT2D eigenvalue weighted by molar-refractivity contribution is 7.92. The third kappa shape index (κ3) is 5.32. The molecule has 1 fully saturated rings. The van der Waals surface area contributed by atoms with E-state index in [2.05, 4.69) is 38.7 Å². The number of likely N-dealkylation sites (tertiary alicyclic amines) is 1. The normalized spacial score (nSPS) is 15.0. The molecular formula is C27H29N7O3S. The fourth-order valence-corrected chi connectivity index (χ4v) is 5.58. The molecule has 0 aliphatic carbocycles. The van der Waals surface area contributed by atoms with Crippen LogP contribution in [0.5, 0.6) is 5.88 Å². The van der Waals surface area contributed by atoms with E-state index in [1.54, 1.807) is 24.3 Å². The molecule has 38 heavy (non-hydrogen) atoms. The number of H-pyrrole nitrogens is 1. The van der Waals surface area contributed by atoms with Crippen LogP contribution >= 0.6 is 0 Å². The average Bonchev–Trinajstić information content (AvgIpc) is 3.30. The summed E-state index contributed by atoms with van der Waals surface area (Å²) in [4.78, 5) is 11.9. The van der Waals surface area contributed by atoms with Crippen LogP contribution in [0.15, 0.2) is 53.4 Å². The fourth-order valence-electron chi connectivity index (χ4n) is 4.52. The van der Waals surface area contributed by atoms with E-state index in [1.165, 1.54) is 24.3 Å². The van der Waals surface area contributed by atoms with Gasteiger partial charge in [-0.05, 0) is 82.1 Å². The lowest BCUT2D eigenvalue weighted by atomic mass is 10.1. The molecule has 0 amide bonds. The SMILES string of the molecule is Cc1[nH]nc2nc(-c3ccc(NS(=O)(=O)c4ccc(C#N)cc4)cc3)nc(OC3CCN(C(C)C)CC3)c12. The van der Waals surface area contributed by atoms with Crippen molar-refractivity contribution in [1.29, 1.82) is 5.26 Å². The summed E-state index contributed by atoms with van der Waals surface area (Å²) in [5, 5.41) is 17.0. The van der Waals surface area contributed by atoms with Crippen molar-refractivity contribution < 1.29 is 13.2 Å². The lowest BCUT2D eigenvalue weighted by Crippen LogP contribution is -2.41. The average molecular weight is 532 g/mol. The number of anilines is 1. The number of sulfonamides is 1. The number of aromatic nitrogens is 4. The maximum Gasteiger partial charge on any atom is 0.261 e. The van der Waals surface area contributed by atoms with Gasteiger partial charge in [0.1, 0.15) is 11.5 Å². The molecule has 196 valence electrons. The van der Waals surface area contributed by atoms with Crippen molar-refractivity contribution >= 4 is 26.7 Å². The van der Waals surface area contributed by atoms with Gasteiger partial charge in [-0.25, -0.2) is 13.4 Å². The maximum absolute atomic E-state index is 12.7. The highest BCUT2D eigenvalue weighted by Crippen LogP contribution is 2.30. The van der Waals surface area contributed by atoms with Gasteiger partial charge in [0.25, 0.3) is 10.0 Å². The Kier molecular flexibility index (Phi) is 7.01. The Morgan fingerprint density at radius 2 is 1.76 bits per heavy atom. The molecule has 0 radical (unpaired) electrons. The van der Waals surface area contributed by atoms with Gasteiger partial charge in [0.2, 0.25) is 5.88 Å². The molecule has 0 unspecified atom stereocenters. The van der Waals surface area contributed by atoms with Gasteiger partial charge in [-0.1, -0.05) is 0 Å². The number of rotatable bonds is 7. The summed E-state index contributed by atoms with van der Waals surface area (Å²) in [6.45, 7) is 8.29. The number of nitrogens with zero attached hydrogens (tertiary/aromatic N) is 5. The minimum absolute atomic E-state index is 0.0595. The topological polar surface area (TPSA) is 137 Å². The van der Waals surface area contributed by atoms with Crippen LogP contribution in [-0.2, 0) is 10.0 Å². The van der Waals surface area contributed by atoms with Crippen molar-refractivity contribution in [2.75, 3.05) is 17.8 Å². The van der Waals surface area contributed by atoms with Crippen molar-refractivity contribution in [2.45, 2.75) is 50.7 Å². The number of hydrogen-bond acceptors (Lipinski definition) is 8. The first kappa shape index (κ1) is 25.6. The summed E-state index contributed by atoms with van der Waals surface area (Å²) < 4.78 is 34.5. The molecule has 2 N–H and O–H groups in total. The minimum atomic E-state index is -3.80. The maximum atomic E-state index is 12.7. The standard InChI is InChI=1S/C27H29N7O3S/c1-17(2)34-14-12-22(13-15-34)37-27-24-18(3)31-32-26(24)29-25(30-27)20-6-8-21(9-7-20)33-38(35,36)23-10-4-19(16-28)5-11-23/h4-11,17,22,33H,12-15H2,1-3H3,(H,29,30,31,32). The Balaban J connectivity index is 1.37. The van der Waals surface area contributed by atoms with E-state index in [9.17, 15) is 8.42 Å². The van der Waals surface area contributed by atoms with Gasteiger partial charge in [-0.2, -0.15) is 15.3 Å². The smallest absolute Gasteiger partial charge is 0.261 e. The summed E-state index contributed by atoms with van der Waals surface area (Å²) >= 11 is 0. The molecule has 0 bridgehead atoms. The third-order valence-corrected chi connectivity index (χ3v) is 8.13. The molecule has 11 heteroatoms. The molecule has 0 atom stereocenters. The first-order valence-electron chi connectivity index (χ1n) is 12.5. The van der Waals surface area contributed by atoms with Crippen LogP contribution in [0.4, 0.5) is 5.69 Å². The summed E-state index contributed by atoms with van der Waals surface area (Å²) in [7, 11) is -3.80. The molecule has 0 spiro atoms. The van der Waals surface area contributed by atoms with Gasteiger partial charge in [-0.15, -0.1) is 0 Å². The van der Waals surface area contributed by atoms with E-state index in [0.29, 0.717) is 40.2 Å². The zero-order chi connectivity index (χ0) is 26.9. The van der Waals surface area contributed by atoms with E-state index in [1.807, 2.05) is 13.0 Å². The summed E-state index contributed by atoms with van der Waals surface area (Å²) in [5.74, 6) is 0.949. The Bertz CT molecular complexity index is 1580. The van der Waals surface area contributed by atoms with Gasteiger partial charge >= 0.3 is 0 Å². The molecule has 1 saturated heterocycles. The third-order valence-electron chi connectivity index (χ3n) is 6.74. The van der Waals surface area contributed by atoms with Gasteiger partial charge in [0.15, 0.2) is 11.5 Å². The number of aryl methyl sites for hydroxylation is 1. The second-order valence-electron chi connectivity index (χ2n) is 9.67. The predicted octanol–water partition coefficient (Wildman–Crippen LogP) is 4.25. The van der Waals surface area contributed by atoms with Crippen LogP contribution in [-0.4, -0.2) is 58.7 Å². The number of ether oxygens (including phenoxy) is 1. The molecule has 1 aliphatic heterocycles. The Morgan fingerprint density at radius 3 is 2.39 bits per heavy atom. The summed E-state index contributed by atoms with van der Waals surface area (Å²) in [6, 6.07) is 15.0. The zero-order valence-corrected chi connectivity index (χ0v) is 22.3. The largest absolute Gasteiger partial charge is 0.474 e.